The topological polar surface area (TPSA) is 46.5 Å². The maximum absolute atomic E-state index is 11.0. The maximum Gasteiger partial charge on any atom is 0.336 e. The molecule has 2 aromatic carbocycles. The first kappa shape index (κ1) is 9.52. The summed E-state index contributed by atoms with van der Waals surface area (Å²) >= 11 is 0. The molecule has 2 rings (SSSR count). The zero-order valence-electron chi connectivity index (χ0n) is 8.23. The van der Waals surface area contributed by atoms with Crippen LogP contribution in [0.3, 0.4) is 0 Å². The van der Waals surface area contributed by atoms with Crippen LogP contribution in [0, 0.1) is 0 Å². The lowest BCUT2D eigenvalue weighted by atomic mass is 10.0. The number of hydrogen-bond donors (Lipinski definition) is 1. The summed E-state index contributed by atoms with van der Waals surface area (Å²) in [5, 5.41) is 10.6. The van der Waals surface area contributed by atoms with Crippen LogP contribution in [-0.2, 0) is 0 Å². The Balaban J connectivity index is 2.76. The van der Waals surface area contributed by atoms with E-state index < -0.39 is 5.97 Å². The highest BCUT2D eigenvalue weighted by Crippen LogP contribution is 2.23. The number of fused-ring (bicyclic) bond motifs is 1. The van der Waals surface area contributed by atoms with Crippen LogP contribution in [-0.4, -0.2) is 18.2 Å². The molecule has 3 nitrogen and oxygen atoms in total. The Labute approximate surface area is 86.9 Å². The zero-order chi connectivity index (χ0) is 10.8. The molecule has 0 aliphatic heterocycles. The van der Waals surface area contributed by atoms with Crippen molar-refractivity contribution in [1.29, 1.82) is 0 Å². The van der Waals surface area contributed by atoms with E-state index in [1.165, 1.54) is 0 Å². The summed E-state index contributed by atoms with van der Waals surface area (Å²) in [5.41, 5.74) is 0.298. The molecule has 0 amide bonds. The van der Waals surface area contributed by atoms with Gasteiger partial charge >= 0.3 is 5.97 Å². The Bertz CT molecular complexity index is 517. The molecule has 0 aliphatic rings. The Kier molecular flexibility index (Phi) is 2.29. The molecule has 0 heterocycles. The van der Waals surface area contributed by atoms with Gasteiger partial charge in [-0.25, -0.2) is 4.79 Å². The monoisotopic (exact) mass is 202 g/mol. The van der Waals surface area contributed by atoms with Gasteiger partial charge in [0.15, 0.2) is 0 Å². The molecule has 0 aromatic heterocycles. The second kappa shape index (κ2) is 3.61. The summed E-state index contributed by atoms with van der Waals surface area (Å²) in [6.07, 6.45) is 0. The Morgan fingerprint density at radius 1 is 1.27 bits per heavy atom. The SMILES string of the molecule is COc1ccc2cccc(C(=O)O)c2c1. The highest BCUT2D eigenvalue weighted by atomic mass is 16.5. The van der Waals surface area contributed by atoms with Crippen molar-refractivity contribution in [2.75, 3.05) is 7.11 Å². The van der Waals surface area contributed by atoms with E-state index in [1.807, 2.05) is 18.2 Å². The van der Waals surface area contributed by atoms with E-state index in [4.69, 9.17) is 9.84 Å². The first-order valence-electron chi connectivity index (χ1n) is 4.52. The van der Waals surface area contributed by atoms with E-state index in [2.05, 4.69) is 0 Å². The van der Waals surface area contributed by atoms with Crippen LogP contribution in [0.1, 0.15) is 10.4 Å². The molecule has 0 unspecified atom stereocenters. The summed E-state index contributed by atoms with van der Waals surface area (Å²) in [7, 11) is 1.56. The fourth-order valence-corrected chi connectivity index (χ4v) is 1.57. The van der Waals surface area contributed by atoms with Gasteiger partial charge in [-0.15, -0.1) is 0 Å². The predicted molar refractivity (Wildman–Crippen MR) is 57.5 cm³/mol. The fourth-order valence-electron chi connectivity index (χ4n) is 1.57. The lowest BCUT2D eigenvalue weighted by molar-refractivity contribution is 0.0699. The number of methoxy groups -OCH3 is 1. The molecule has 0 spiro atoms. The molecule has 76 valence electrons. The molecular formula is C12H10O3. The van der Waals surface area contributed by atoms with Crippen molar-refractivity contribution in [3.63, 3.8) is 0 Å². The van der Waals surface area contributed by atoms with Crippen LogP contribution in [0.2, 0.25) is 0 Å². The third-order valence-electron chi connectivity index (χ3n) is 2.32. The van der Waals surface area contributed by atoms with Gasteiger partial charge in [-0.1, -0.05) is 18.2 Å². The fraction of sp³-hybridized carbons (Fsp3) is 0.0833. The largest absolute Gasteiger partial charge is 0.497 e. The smallest absolute Gasteiger partial charge is 0.336 e. The molecule has 0 fully saturated rings. The van der Waals surface area contributed by atoms with Gasteiger partial charge in [0.1, 0.15) is 5.75 Å². The summed E-state index contributed by atoms with van der Waals surface area (Å²) in [6, 6.07) is 10.6. The molecule has 0 radical (unpaired) electrons. The van der Waals surface area contributed by atoms with Gasteiger partial charge in [-0.2, -0.15) is 0 Å². The standard InChI is InChI=1S/C12H10O3/c1-15-9-6-5-8-3-2-4-10(12(13)14)11(8)7-9/h2-7H,1H3,(H,13,14). The van der Waals surface area contributed by atoms with Crippen LogP contribution in [0.25, 0.3) is 10.8 Å². The molecule has 0 atom stereocenters. The van der Waals surface area contributed by atoms with Gasteiger partial charge in [0, 0.05) is 0 Å². The normalized spacial score (nSPS) is 10.2. The third kappa shape index (κ3) is 1.64. The predicted octanol–water partition coefficient (Wildman–Crippen LogP) is 2.55. The van der Waals surface area contributed by atoms with E-state index in [0.29, 0.717) is 16.7 Å². The molecule has 2 aromatic rings. The van der Waals surface area contributed by atoms with Gasteiger partial charge in [0.25, 0.3) is 0 Å². The zero-order valence-corrected chi connectivity index (χ0v) is 8.23. The van der Waals surface area contributed by atoms with Crippen molar-refractivity contribution in [3.8, 4) is 5.75 Å². The number of carboxylic acids is 1. The number of aromatic carboxylic acids is 1. The number of hydrogen-bond acceptors (Lipinski definition) is 2. The van der Waals surface area contributed by atoms with Gasteiger partial charge in [-0.3, -0.25) is 0 Å². The molecule has 15 heavy (non-hydrogen) atoms. The third-order valence-corrected chi connectivity index (χ3v) is 2.32. The van der Waals surface area contributed by atoms with Gasteiger partial charge in [-0.05, 0) is 29.0 Å². The van der Waals surface area contributed by atoms with E-state index in [-0.39, 0.29) is 0 Å². The van der Waals surface area contributed by atoms with Crippen molar-refractivity contribution in [2.45, 2.75) is 0 Å². The molecule has 3 heteroatoms. The van der Waals surface area contributed by atoms with Gasteiger partial charge in [0.2, 0.25) is 0 Å². The molecule has 0 aliphatic carbocycles. The van der Waals surface area contributed by atoms with Crippen molar-refractivity contribution < 1.29 is 14.6 Å². The van der Waals surface area contributed by atoms with Crippen molar-refractivity contribution in [1.82, 2.24) is 0 Å². The number of carboxylic acid groups (broad SMARTS) is 1. The minimum Gasteiger partial charge on any atom is -0.497 e. The Morgan fingerprint density at radius 3 is 2.73 bits per heavy atom. The van der Waals surface area contributed by atoms with Gasteiger partial charge < -0.3 is 9.84 Å². The molecule has 1 N–H and O–H groups in total. The Morgan fingerprint density at radius 2 is 2.07 bits per heavy atom. The molecule has 0 saturated carbocycles. The van der Waals surface area contributed by atoms with Gasteiger partial charge in [0.05, 0.1) is 12.7 Å². The summed E-state index contributed by atoms with van der Waals surface area (Å²) < 4.78 is 5.06. The minimum atomic E-state index is -0.922. The Hall–Kier alpha value is -2.03. The highest BCUT2D eigenvalue weighted by Gasteiger charge is 2.08. The minimum absolute atomic E-state index is 0.298. The first-order valence-corrected chi connectivity index (χ1v) is 4.52. The average Bonchev–Trinajstić information content (AvgIpc) is 2.27. The van der Waals surface area contributed by atoms with Crippen LogP contribution in [0.4, 0.5) is 0 Å². The van der Waals surface area contributed by atoms with Crippen molar-refractivity contribution >= 4 is 16.7 Å². The van der Waals surface area contributed by atoms with Crippen molar-refractivity contribution in [3.05, 3.63) is 42.0 Å². The lowest BCUT2D eigenvalue weighted by Gasteiger charge is -2.04. The van der Waals surface area contributed by atoms with E-state index >= 15 is 0 Å². The molecule has 0 bridgehead atoms. The van der Waals surface area contributed by atoms with Crippen LogP contribution in [0.15, 0.2) is 36.4 Å². The first-order chi connectivity index (χ1) is 7.22. The number of benzene rings is 2. The molecule has 0 saturated heterocycles. The summed E-state index contributed by atoms with van der Waals surface area (Å²) in [4.78, 5) is 11.0. The summed E-state index contributed by atoms with van der Waals surface area (Å²) in [5.74, 6) is -0.259. The lowest BCUT2D eigenvalue weighted by Crippen LogP contribution is -1.97. The second-order valence-electron chi connectivity index (χ2n) is 3.20. The highest BCUT2D eigenvalue weighted by molar-refractivity contribution is 6.04. The average molecular weight is 202 g/mol. The second-order valence-corrected chi connectivity index (χ2v) is 3.20. The summed E-state index contributed by atoms with van der Waals surface area (Å²) in [6.45, 7) is 0. The molecular weight excluding hydrogens is 192 g/mol. The van der Waals surface area contributed by atoms with Crippen LogP contribution < -0.4 is 4.74 Å². The van der Waals surface area contributed by atoms with E-state index in [1.54, 1.807) is 25.3 Å². The maximum atomic E-state index is 11.0. The number of rotatable bonds is 2. The van der Waals surface area contributed by atoms with Crippen LogP contribution >= 0.6 is 0 Å². The quantitative estimate of drug-likeness (QED) is 0.814. The van der Waals surface area contributed by atoms with E-state index in [0.717, 1.165) is 5.39 Å². The van der Waals surface area contributed by atoms with E-state index in [9.17, 15) is 4.79 Å². The number of ether oxygens (including phenoxy) is 1. The van der Waals surface area contributed by atoms with Crippen LogP contribution in [0.5, 0.6) is 5.75 Å². The number of carbonyl (C=O) groups is 1. The van der Waals surface area contributed by atoms with Crippen molar-refractivity contribution in [2.24, 2.45) is 0 Å².